The summed E-state index contributed by atoms with van der Waals surface area (Å²) >= 11 is 6.32. The van der Waals surface area contributed by atoms with Gasteiger partial charge in [-0.25, -0.2) is 14.5 Å². The van der Waals surface area contributed by atoms with Crippen LogP contribution in [0.15, 0.2) is 78.0 Å². The van der Waals surface area contributed by atoms with E-state index in [0.717, 1.165) is 57.2 Å². The predicted octanol–water partition coefficient (Wildman–Crippen LogP) is 6.87. The molecule has 6 aromatic rings. The van der Waals surface area contributed by atoms with E-state index < -0.39 is 0 Å². The van der Waals surface area contributed by atoms with Crippen LogP contribution in [-0.4, -0.2) is 53.2 Å². The Kier molecular flexibility index (Phi) is 8.85. The monoisotopic (exact) mass is 678 g/mol. The summed E-state index contributed by atoms with van der Waals surface area (Å²) in [4.78, 5) is 33.1. The third kappa shape index (κ3) is 6.50. The van der Waals surface area contributed by atoms with E-state index in [9.17, 15) is 9.59 Å². The number of nitrogens with one attached hydrogen (secondary N) is 1. The first-order chi connectivity index (χ1) is 23.7. The SMILES string of the molecule is Cc1cc(C(C)Nc2ccc(Cl)nc2-c2cnn(C)c2)c2c(c1)c(=O)n(C)c1c2cnn1CC1CCN(C(=O)OCc2ccccc2)CC1. The van der Waals surface area contributed by atoms with E-state index in [-0.39, 0.29) is 24.3 Å². The number of carbonyl (C=O) groups is 1. The van der Waals surface area contributed by atoms with Crippen molar-refractivity contribution in [1.29, 1.82) is 0 Å². The highest BCUT2D eigenvalue weighted by atomic mass is 35.5. The van der Waals surface area contributed by atoms with Crippen molar-refractivity contribution in [3.8, 4) is 11.3 Å². The van der Waals surface area contributed by atoms with E-state index in [1.807, 2.05) is 80.6 Å². The van der Waals surface area contributed by atoms with Crippen LogP contribution >= 0.6 is 11.6 Å². The lowest BCUT2D eigenvalue weighted by Crippen LogP contribution is -2.39. The molecule has 1 unspecified atom stereocenters. The second-order valence-electron chi connectivity index (χ2n) is 13.0. The van der Waals surface area contributed by atoms with E-state index in [1.54, 1.807) is 26.4 Å². The van der Waals surface area contributed by atoms with Crippen LogP contribution in [0.25, 0.3) is 33.1 Å². The second kappa shape index (κ2) is 13.4. The molecule has 0 saturated carbocycles. The van der Waals surface area contributed by atoms with Gasteiger partial charge < -0.3 is 15.0 Å². The van der Waals surface area contributed by atoms with Crippen LogP contribution in [0, 0.1) is 12.8 Å². The number of benzene rings is 2. The smallest absolute Gasteiger partial charge is 0.410 e. The van der Waals surface area contributed by atoms with Crippen molar-refractivity contribution in [1.82, 2.24) is 34.0 Å². The Morgan fingerprint density at radius 1 is 1.04 bits per heavy atom. The van der Waals surface area contributed by atoms with Crippen LogP contribution in [0.2, 0.25) is 5.15 Å². The topological polar surface area (TPSA) is 112 Å². The van der Waals surface area contributed by atoms with Gasteiger partial charge in [-0.05, 0) is 67.5 Å². The molecule has 4 aromatic heterocycles. The average molecular weight is 679 g/mol. The number of piperidine rings is 1. The zero-order valence-electron chi connectivity index (χ0n) is 28.1. The summed E-state index contributed by atoms with van der Waals surface area (Å²) in [7, 11) is 3.68. The molecule has 2 aromatic carbocycles. The molecule has 1 aliphatic heterocycles. The summed E-state index contributed by atoms with van der Waals surface area (Å²) < 4.78 is 11.0. The molecule has 0 aliphatic carbocycles. The summed E-state index contributed by atoms with van der Waals surface area (Å²) in [6, 6.07) is 17.3. The molecule has 11 nitrogen and oxygen atoms in total. The Bertz CT molecular complexity index is 2220. The van der Waals surface area contributed by atoms with Crippen molar-refractivity contribution in [3.05, 3.63) is 105 Å². The first-order valence-corrected chi connectivity index (χ1v) is 16.9. The zero-order valence-corrected chi connectivity index (χ0v) is 28.8. The third-order valence-corrected chi connectivity index (χ3v) is 9.64. The Hall–Kier alpha value is -5.16. The molecule has 1 atom stereocenters. The maximum atomic E-state index is 13.9. The summed E-state index contributed by atoms with van der Waals surface area (Å²) in [6.45, 7) is 6.24. The molecule has 5 heterocycles. The summed E-state index contributed by atoms with van der Waals surface area (Å²) in [5.41, 5.74) is 6.03. The normalized spacial score (nSPS) is 14.4. The van der Waals surface area contributed by atoms with Gasteiger partial charge in [0, 0.05) is 67.7 Å². The van der Waals surface area contributed by atoms with Gasteiger partial charge >= 0.3 is 6.09 Å². The van der Waals surface area contributed by atoms with E-state index in [0.29, 0.717) is 41.8 Å². The molecular weight excluding hydrogens is 640 g/mol. The second-order valence-corrected chi connectivity index (χ2v) is 13.4. The Labute approximate surface area is 289 Å². The van der Waals surface area contributed by atoms with Gasteiger partial charge in [0.05, 0.1) is 23.8 Å². The quantitative estimate of drug-likeness (QED) is 0.175. The minimum Gasteiger partial charge on any atom is -0.445 e. The average Bonchev–Trinajstić information content (AvgIpc) is 3.73. The Morgan fingerprint density at radius 2 is 1.82 bits per heavy atom. The molecule has 1 saturated heterocycles. The van der Waals surface area contributed by atoms with Crippen LogP contribution in [-0.2, 0) is 32.0 Å². The number of rotatable bonds is 8. The first-order valence-electron chi connectivity index (χ1n) is 16.5. The number of ether oxygens (including phenoxy) is 1. The van der Waals surface area contributed by atoms with Gasteiger partial charge in [0.15, 0.2) is 0 Å². The maximum absolute atomic E-state index is 13.9. The van der Waals surface area contributed by atoms with Crippen LogP contribution < -0.4 is 10.9 Å². The van der Waals surface area contributed by atoms with Gasteiger partial charge in [0.1, 0.15) is 17.4 Å². The van der Waals surface area contributed by atoms with Crippen molar-refractivity contribution < 1.29 is 9.53 Å². The number of hydrogen-bond donors (Lipinski definition) is 1. The first kappa shape index (κ1) is 32.4. The minimum atomic E-state index is -0.284. The minimum absolute atomic E-state index is 0.0680. The number of anilines is 1. The van der Waals surface area contributed by atoms with Crippen LogP contribution in [0.3, 0.4) is 0 Å². The van der Waals surface area contributed by atoms with Crippen molar-refractivity contribution in [2.24, 2.45) is 20.0 Å². The van der Waals surface area contributed by atoms with Crippen molar-refractivity contribution >= 4 is 45.2 Å². The van der Waals surface area contributed by atoms with Gasteiger partial charge in [-0.15, -0.1) is 0 Å². The van der Waals surface area contributed by atoms with Crippen molar-refractivity contribution in [2.45, 2.75) is 45.9 Å². The number of fused-ring (bicyclic) bond motifs is 3. The van der Waals surface area contributed by atoms with E-state index >= 15 is 0 Å². The third-order valence-electron chi connectivity index (χ3n) is 9.43. The van der Waals surface area contributed by atoms with Crippen LogP contribution in [0.4, 0.5) is 10.5 Å². The lowest BCUT2D eigenvalue weighted by molar-refractivity contribution is 0.0804. The number of aryl methyl sites for hydroxylation is 3. The van der Waals surface area contributed by atoms with Crippen LogP contribution in [0.1, 0.15) is 42.5 Å². The van der Waals surface area contributed by atoms with Crippen molar-refractivity contribution in [2.75, 3.05) is 18.4 Å². The molecular formula is C37H39ClN8O3. The summed E-state index contributed by atoms with van der Waals surface area (Å²) in [6.07, 6.45) is 6.91. The molecule has 1 aliphatic rings. The molecule has 0 radical (unpaired) electrons. The zero-order chi connectivity index (χ0) is 34.2. The largest absolute Gasteiger partial charge is 0.445 e. The fraction of sp³-hybridized carbons (Fsp3) is 0.324. The van der Waals surface area contributed by atoms with E-state index in [1.165, 1.54) is 0 Å². The van der Waals surface area contributed by atoms with Gasteiger partial charge in [-0.3, -0.25) is 14.0 Å². The standard InChI is InChI=1S/C37H39ClN8O3/c1-23-16-28(24(2)41-31-10-11-32(38)42-34(31)27-18-39-43(3)21-27)33-29(17-23)36(47)44(4)35-30(33)19-40-46(35)20-25-12-14-45(15-13-25)37(48)49-22-26-8-6-5-7-9-26/h5-11,16-19,21,24-25,41H,12-15,20,22H2,1-4H3. The lowest BCUT2D eigenvalue weighted by Gasteiger charge is -2.31. The highest BCUT2D eigenvalue weighted by Gasteiger charge is 2.26. The molecule has 1 amide bonds. The molecule has 12 heteroatoms. The van der Waals surface area contributed by atoms with Crippen LogP contribution in [0.5, 0.6) is 0 Å². The van der Waals surface area contributed by atoms with E-state index in [2.05, 4.69) is 28.4 Å². The molecule has 0 bridgehead atoms. The molecule has 7 rings (SSSR count). The fourth-order valence-corrected chi connectivity index (χ4v) is 7.07. The lowest BCUT2D eigenvalue weighted by atomic mass is 9.95. The van der Waals surface area contributed by atoms with E-state index in [4.69, 9.17) is 21.4 Å². The Morgan fingerprint density at radius 3 is 2.55 bits per heavy atom. The number of hydrogen-bond acceptors (Lipinski definition) is 7. The molecule has 0 spiro atoms. The number of carbonyl (C=O) groups excluding carboxylic acids is 1. The van der Waals surface area contributed by atoms with Gasteiger partial charge in [-0.1, -0.05) is 48.0 Å². The molecule has 252 valence electrons. The van der Waals surface area contributed by atoms with Gasteiger partial charge in [0.25, 0.3) is 5.56 Å². The summed E-state index contributed by atoms with van der Waals surface area (Å²) in [5.74, 6) is 0.299. The highest BCUT2D eigenvalue weighted by Crippen LogP contribution is 2.35. The molecule has 1 N–H and O–H groups in total. The summed E-state index contributed by atoms with van der Waals surface area (Å²) in [5, 5.41) is 15.6. The molecule has 49 heavy (non-hydrogen) atoms. The number of likely N-dealkylation sites (tertiary alicyclic amines) is 1. The number of pyridine rings is 2. The number of halogens is 1. The number of aromatic nitrogens is 6. The highest BCUT2D eigenvalue weighted by molar-refractivity contribution is 6.29. The van der Waals surface area contributed by atoms with Crippen molar-refractivity contribution in [3.63, 3.8) is 0 Å². The predicted molar refractivity (Wildman–Crippen MR) is 192 cm³/mol. The maximum Gasteiger partial charge on any atom is 0.410 e. The molecule has 1 fully saturated rings. The Balaban J connectivity index is 1.15. The number of nitrogens with zero attached hydrogens (tertiary/aromatic N) is 7. The number of amides is 1. The van der Waals surface area contributed by atoms with Gasteiger partial charge in [0.2, 0.25) is 0 Å². The fourth-order valence-electron chi connectivity index (χ4n) is 6.92. The van der Waals surface area contributed by atoms with Gasteiger partial charge in [-0.2, -0.15) is 10.2 Å².